The number of carbonyl (C=O) groups is 3. The quantitative estimate of drug-likeness (QED) is 0.756. The van der Waals surface area contributed by atoms with E-state index in [0.717, 1.165) is 19.2 Å². The van der Waals surface area contributed by atoms with E-state index in [-0.39, 0.29) is 18.4 Å². The summed E-state index contributed by atoms with van der Waals surface area (Å²) in [7, 11) is 2.35. The highest BCUT2D eigenvalue weighted by Crippen LogP contribution is 2.13. The highest BCUT2D eigenvalue weighted by Gasteiger charge is 2.29. The molecule has 0 unspecified atom stereocenters. The Morgan fingerprint density at radius 2 is 1.67 bits per heavy atom. The van der Waals surface area contributed by atoms with Crippen molar-refractivity contribution < 1.29 is 32.6 Å². The number of ether oxygens (including phenoxy) is 2. The third-order valence-electron chi connectivity index (χ3n) is 3.34. The zero-order valence-corrected chi connectivity index (χ0v) is 13.6. The highest BCUT2D eigenvalue weighted by molar-refractivity contribution is 5.86. The fourth-order valence-electron chi connectivity index (χ4n) is 2.15. The molecule has 0 fully saturated rings. The van der Waals surface area contributed by atoms with E-state index >= 15 is 0 Å². The van der Waals surface area contributed by atoms with Crippen molar-refractivity contribution >= 4 is 17.8 Å². The summed E-state index contributed by atoms with van der Waals surface area (Å²) in [4.78, 5) is 35.2. The van der Waals surface area contributed by atoms with Crippen molar-refractivity contribution in [1.82, 2.24) is 5.32 Å². The van der Waals surface area contributed by atoms with Gasteiger partial charge in [0.15, 0.2) is 0 Å². The Morgan fingerprint density at radius 1 is 1.08 bits per heavy atom. The van der Waals surface area contributed by atoms with Gasteiger partial charge in [0, 0.05) is 6.07 Å². The van der Waals surface area contributed by atoms with E-state index in [1.807, 2.05) is 0 Å². The number of methoxy groups -OCH3 is 2. The van der Waals surface area contributed by atoms with Crippen molar-refractivity contribution in [2.24, 2.45) is 5.92 Å². The summed E-state index contributed by atoms with van der Waals surface area (Å²) in [6, 6.07) is 1.65. The molecule has 0 aliphatic heterocycles. The number of hydrogen-bond donors (Lipinski definition) is 1. The SMILES string of the molecule is COC(=O)C[C@H](C)[C@@H](NC(=O)Cc1cc(F)cc(F)c1)C(=O)OC. The molecule has 0 saturated carbocycles. The Morgan fingerprint density at radius 3 is 2.17 bits per heavy atom. The van der Waals surface area contributed by atoms with Crippen LogP contribution in [0.25, 0.3) is 0 Å². The number of rotatable bonds is 7. The zero-order chi connectivity index (χ0) is 18.3. The fourth-order valence-corrected chi connectivity index (χ4v) is 2.15. The van der Waals surface area contributed by atoms with Gasteiger partial charge in [-0.15, -0.1) is 0 Å². The van der Waals surface area contributed by atoms with Crippen LogP contribution in [-0.4, -0.2) is 38.1 Å². The number of amides is 1. The van der Waals surface area contributed by atoms with Gasteiger partial charge in [-0.1, -0.05) is 6.92 Å². The molecule has 0 heterocycles. The largest absolute Gasteiger partial charge is 0.469 e. The maximum Gasteiger partial charge on any atom is 0.328 e. The number of benzene rings is 1. The summed E-state index contributed by atoms with van der Waals surface area (Å²) in [5, 5.41) is 2.42. The molecule has 0 aromatic heterocycles. The minimum Gasteiger partial charge on any atom is -0.469 e. The van der Waals surface area contributed by atoms with Gasteiger partial charge in [-0.25, -0.2) is 13.6 Å². The lowest BCUT2D eigenvalue weighted by Crippen LogP contribution is -2.47. The summed E-state index contributed by atoms with van der Waals surface area (Å²) in [5.74, 6) is -4.10. The lowest BCUT2D eigenvalue weighted by molar-refractivity contribution is -0.148. The Hall–Kier alpha value is -2.51. The van der Waals surface area contributed by atoms with Gasteiger partial charge in [-0.2, -0.15) is 0 Å². The third kappa shape index (κ3) is 5.94. The molecule has 6 nitrogen and oxygen atoms in total. The molecule has 8 heteroatoms. The molecular weight excluding hydrogens is 324 g/mol. The van der Waals surface area contributed by atoms with Gasteiger partial charge in [0.05, 0.1) is 27.1 Å². The summed E-state index contributed by atoms with van der Waals surface area (Å²) in [5.41, 5.74) is 0.120. The van der Waals surface area contributed by atoms with Crippen LogP contribution in [0.1, 0.15) is 18.9 Å². The Kier molecular flexibility index (Phi) is 7.29. The van der Waals surface area contributed by atoms with E-state index in [2.05, 4.69) is 14.8 Å². The second-order valence-electron chi connectivity index (χ2n) is 5.28. The molecule has 24 heavy (non-hydrogen) atoms. The van der Waals surface area contributed by atoms with Crippen LogP contribution in [-0.2, 0) is 30.3 Å². The van der Waals surface area contributed by atoms with Crippen LogP contribution in [0.4, 0.5) is 8.78 Å². The monoisotopic (exact) mass is 343 g/mol. The van der Waals surface area contributed by atoms with Crippen LogP contribution in [0.2, 0.25) is 0 Å². The molecule has 0 aliphatic carbocycles. The van der Waals surface area contributed by atoms with Crippen LogP contribution in [0, 0.1) is 17.6 Å². The first-order chi connectivity index (χ1) is 11.3. The van der Waals surface area contributed by atoms with Crippen LogP contribution in [0.3, 0.4) is 0 Å². The van der Waals surface area contributed by atoms with Crippen LogP contribution in [0.5, 0.6) is 0 Å². The van der Waals surface area contributed by atoms with E-state index in [4.69, 9.17) is 0 Å². The molecule has 132 valence electrons. The molecule has 1 aromatic rings. The summed E-state index contributed by atoms with van der Waals surface area (Å²) in [6.07, 6.45) is -0.432. The van der Waals surface area contributed by atoms with Crippen LogP contribution >= 0.6 is 0 Å². The molecule has 1 rings (SSSR count). The highest BCUT2D eigenvalue weighted by atomic mass is 19.1. The van der Waals surface area contributed by atoms with Crippen LogP contribution < -0.4 is 5.32 Å². The molecule has 0 bridgehead atoms. The van der Waals surface area contributed by atoms with Crippen molar-refractivity contribution in [3.8, 4) is 0 Å². The topological polar surface area (TPSA) is 81.7 Å². The lowest BCUT2D eigenvalue weighted by atomic mass is 9.98. The van der Waals surface area contributed by atoms with E-state index in [0.29, 0.717) is 6.07 Å². The molecular formula is C16H19F2NO5. The second kappa shape index (κ2) is 8.95. The normalized spacial score (nSPS) is 12.9. The Labute approximate surface area is 138 Å². The van der Waals surface area contributed by atoms with Crippen molar-refractivity contribution in [2.75, 3.05) is 14.2 Å². The number of halogens is 2. The first-order valence-corrected chi connectivity index (χ1v) is 7.15. The first kappa shape index (κ1) is 19.5. The van der Waals surface area contributed by atoms with Gasteiger partial charge < -0.3 is 14.8 Å². The van der Waals surface area contributed by atoms with Gasteiger partial charge >= 0.3 is 11.9 Å². The Balaban J connectivity index is 2.80. The lowest BCUT2D eigenvalue weighted by Gasteiger charge is -2.22. The van der Waals surface area contributed by atoms with Gasteiger partial charge in [-0.3, -0.25) is 9.59 Å². The molecule has 0 radical (unpaired) electrons. The van der Waals surface area contributed by atoms with E-state index in [1.165, 1.54) is 7.11 Å². The van der Waals surface area contributed by atoms with Gasteiger partial charge in [-0.05, 0) is 23.6 Å². The second-order valence-corrected chi connectivity index (χ2v) is 5.28. The predicted molar refractivity (Wildman–Crippen MR) is 79.8 cm³/mol. The average Bonchev–Trinajstić information content (AvgIpc) is 2.50. The maximum atomic E-state index is 13.1. The van der Waals surface area contributed by atoms with Crippen molar-refractivity contribution in [3.05, 3.63) is 35.4 Å². The van der Waals surface area contributed by atoms with E-state index in [9.17, 15) is 23.2 Å². The molecule has 1 N–H and O–H groups in total. The predicted octanol–water partition coefficient (Wildman–Crippen LogP) is 1.36. The minimum absolute atomic E-state index is 0.106. The first-order valence-electron chi connectivity index (χ1n) is 7.15. The van der Waals surface area contributed by atoms with Crippen molar-refractivity contribution in [2.45, 2.75) is 25.8 Å². The van der Waals surface area contributed by atoms with Crippen molar-refractivity contribution in [1.29, 1.82) is 0 Å². The fraction of sp³-hybridized carbons (Fsp3) is 0.438. The number of carbonyl (C=O) groups excluding carboxylic acids is 3. The van der Waals surface area contributed by atoms with Crippen LogP contribution in [0.15, 0.2) is 18.2 Å². The molecule has 2 atom stereocenters. The third-order valence-corrected chi connectivity index (χ3v) is 3.34. The Bertz CT molecular complexity index is 600. The summed E-state index contributed by atoms with van der Waals surface area (Å²) >= 11 is 0. The van der Waals surface area contributed by atoms with Gasteiger partial charge in [0.2, 0.25) is 5.91 Å². The molecule has 1 aromatic carbocycles. The number of hydrogen-bond acceptors (Lipinski definition) is 5. The molecule has 0 spiro atoms. The number of nitrogens with one attached hydrogen (secondary N) is 1. The average molecular weight is 343 g/mol. The zero-order valence-electron chi connectivity index (χ0n) is 13.6. The van der Waals surface area contributed by atoms with Crippen molar-refractivity contribution in [3.63, 3.8) is 0 Å². The van der Waals surface area contributed by atoms with Gasteiger partial charge in [0.25, 0.3) is 0 Å². The van der Waals surface area contributed by atoms with Gasteiger partial charge in [0.1, 0.15) is 17.7 Å². The molecule has 0 saturated heterocycles. The van der Waals surface area contributed by atoms with E-state index in [1.54, 1.807) is 6.92 Å². The smallest absolute Gasteiger partial charge is 0.328 e. The standard InChI is InChI=1S/C16H19F2NO5/c1-9(4-14(21)23-2)15(16(22)24-3)19-13(20)7-10-5-11(17)8-12(18)6-10/h5-6,8-9,15H,4,7H2,1-3H3,(H,19,20)/t9-,15+/m0/s1. The molecule has 0 aliphatic rings. The summed E-state index contributed by atoms with van der Waals surface area (Å²) < 4.78 is 35.4. The minimum atomic E-state index is -1.08. The maximum absolute atomic E-state index is 13.1. The molecule has 1 amide bonds. The van der Waals surface area contributed by atoms with E-state index < -0.39 is 41.4 Å². The summed E-state index contributed by atoms with van der Waals surface area (Å²) in [6.45, 7) is 1.57. The number of esters is 2.